The molecule has 0 bridgehead atoms. The van der Waals surface area contributed by atoms with Gasteiger partial charge in [0.2, 0.25) is 0 Å². The van der Waals surface area contributed by atoms with E-state index in [0.29, 0.717) is 12.0 Å². The molecule has 1 aromatic carbocycles. The summed E-state index contributed by atoms with van der Waals surface area (Å²) in [6.45, 7) is 12.8. The molecule has 4 unspecified atom stereocenters. The lowest BCUT2D eigenvalue weighted by molar-refractivity contribution is 0.204. The van der Waals surface area contributed by atoms with E-state index in [9.17, 15) is 0 Å². The minimum absolute atomic E-state index is 0.462. The SMILES string of the molecule is CCNC(c1ccccc1)C(C)CN1CC(C)CC1C. The Balaban J connectivity index is 2.02. The van der Waals surface area contributed by atoms with Crippen LogP contribution in [0.1, 0.15) is 45.7 Å². The van der Waals surface area contributed by atoms with Crippen LogP contribution in [0.3, 0.4) is 0 Å². The number of benzene rings is 1. The van der Waals surface area contributed by atoms with Gasteiger partial charge in [0.05, 0.1) is 0 Å². The van der Waals surface area contributed by atoms with Gasteiger partial charge in [-0.2, -0.15) is 0 Å². The highest BCUT2D eigenvalue weighted by Gasteiger charge is 2.29. The summed E-state index contributed by atoms with van der Waals surface area (Å²) in [5.41, 5.74) is 1.42. The predicted molar refractivity (Wildman–Crippen MR) is 86.8 cm³/mol. The largest absolute Gasteiger partial charge is 0.310 e. The fraction of sp³-hybridized carbons (Fsp3) is 0.667. The van der Waals surface area contributed by atoms with Crippen LogP contribution in [-0.4, -0.2) is 30.6 Å². The van der Waals surface area contributed by atoms with Crippen molar-refractivity contribution < 1.29 is 0 Å². The Hall–Kier alpha value is -0.860. The second-order valence-corrected chi connectivity index (χ2v) is 6.57. The van der Waals surface area contributed by atoms with Crippen molar-refractivity contribution in [2.45, 2.75) is 46.2 Å². The number of likely N-dealkylation sites (tertiary alicyclic amines) is 1. The molecule has 0 radical (unpaired) electrons. The topological polar surface area (TPSA) is 15.3 Å². The van der Waals surface area contributed by atoms with Gasteiger partial charge < -0.3 is 10.2 Å². The normalized spacial score (nSPS) is 26.6. The zero-order chi connectivity index (χ0) is 14.5. The fourth-order valence-corrected chi connectivity index (χ4v) is 3.64. The van der Waals surface area contributed by atoms with Crippen LogP contribution in [0, 0.1) is 11.8 Å². The minimum atomic E-state index is 0.462. The molecule has 0 saturated carbocycles. The first-order valence-corrected chi connectivity index (χ1v) is 8.14. The maximum absolute atomic E-state index is 3.67. The lowest BCUT2D eigenvalue weighted by Crippen LogP contribution is -2.37. The van der Waals surface area contributed by atoms with E-state index in [0.717, 1.165) is 18.5 Å². The molecule has 0 aliphatic carbocycles. The van der Waals surface area contributed by atoms with Crippen LogP contribution in [0.5, 0.6) is 0 Å². The molecule has 2 heteroatoms. The standard InChI is InChI=1S/C18H30N2/c1-5-19-18(17-9-7-6-8-10-17)15(3)13-20-12-14(2)11-16(20)4/h6-10,14-16,18-19H,5,11-13H2,1-4H3. The van der Waals surface area contributed by atoms with Crippen LogP contribution in [0.15, 0.2) is 30.3 Å². The van der Waals surface area contributed by atoms with Gasteiger partial charge >= 0.3 is 0 Å². The molecule has 1 aliphatic rings. The van der Waals surface area contributed by atoms with Crippen molar-refractivity contribution in [3.05, 3.63) is 35.9 Å². The van der Waals surface area contributed by atoms with Crippen molar-refractivity contribution in [2.75, 3.05) is 19.6 Å². The third-order valence-corrected chi connectivity index (χ3v) is 4.59. The number of hydrogen-bond acceptors (Lipinski definition) is 2. The summed E-state index contributed by atoms with van der Waals surface area (Å²) in [4.78, 5) is 2.67. The minimum Gasteiger partial charge on any atom is -0.310 e. The molecule has 2 rings (SSSR count). The fourth-order valence-electron chi connectivity index (χ4n) is 3.64. The van der Waals surface area contributed by atoms with Gasteiger partial charge in [0.25, 0.3) is 0 Å². The summed E-state index contributed by atoms with van der Waals surface area (Å²) in [5.74, 6) is 1.48. The molecule has 1 fully saturated rings. The molecule has 1 heterocycles. The van der Waals surface area contributed by atoms with E-state index in [1.165, 1.54) is 25.1 Å². The van der Waals surface area contributed by atoms with Crippen molar-refractivity contribution in [3.63, 3.8) is 0 Å². The van der Waals surface area contributed by atoms with Gasteiger partial charge in [-0.25, -0.2) is 0 Å². The monoisotopic (exact) mass is 274 g/mol. The second kappa shape index (κ2) is 7.24. The van der Waals surface area contributed by atoms with Crippen LogP contribution in [0.4, 0.5) is 0 Å². The molecule has 4 atom stereocenters. The summed E-state index contributed by atoms with van der Waals surface area (Å²) < 4.78 is 0. The van der Waals surface area contributed by atoms with Crippen molar-refractivity contribution in [1.82, 2.24) is 10.2 Å². The van der Waals surface area contributed by atoms with E-state index in [1.54, 1.807) is 0 Å². The van der Waals surface area contributed by atoms with Crippen molar-refractivity contribution in [2.24, 2.45) is 11.8 Å². The van der Waals surface area contributed by atoms with Crippen molar-refractivity contribution in [3.8, 4) is 0 Å². The van der Waals surface area contributed by atoms with Crippen LogP contribution < -0.4 is 5.32 Å². The molecular formula is C18H30N2. The maximum atomic E-state index is 3.67. The summed E-state index contributed by atoms with van der Waals surface area (Å²) in [6.07, 6.45) is 1.35. The summed E-state index contributed by atoms with van der Waals surface area (Å²) >= 11 is 0. The molecular weight excluding hydrogens is 244 g/mol. The number of hydrogen-bond donors (Lipinski definition) is 1. The van der Waals surface area contributed by atoms with Crippen LogP contribution in [-0.2, 0) is 0 Å². The Morgan fingerprint density at radius 3 is 2.50 bits per heavy atom. The van der Waals surface area contributed by atoms with E-state index in [1.807, 2.05) is 0 Å². The molecule has 1 saturated heterocycles. The Bertz CT molecular complexity index is 390. The average molecular weight is 274 g/mol. The zero-order valence-electron chi connectivity index (χ0n) is 13.5. The van der Waals surface area contributed by atoms with E-state index >= 15 is 0 Å². The summed E-state index contributed by atoms with van der Waals surface area (Å²) in [5, 5.41) is 3.67. The van der Waals surface area contributed by atoms with Crippen molar-refractivity contribution in [1.29, 1.82) is 0 Å². The summed E-state index contributed by atoms with van der Waals surface area (Å²) in [7, 11) is 0. The molecule has 112 valence electrons. The molecule has 1 N–H and O–H groups in total. The van der Waals surface area contributed by atoms with E-state index in [2.05, 4.69) is 68.2 Å². The molecule has 0 spiro atoms. The molecule has 0 amide bonds. The molecule has 2 nitrogen and oxygen atoms in total. The Morgan fingerprint density at radius 2 is 1.95 bits per heavy atom. The third-order valence-electron chi connectivity index (χ3n) is 4.59. The van der Waals surface area contributed by atoms with Gasteiger partial charge in [0.1, 0.15) is 0 Å². The second-order valence-electron chi connectivity index (χ2n) is 6.57. The van der Waals surface area contributed by atoms with E-state index in [4.69, 9.17) is 0 Å². The van der Waals surface area contributed by atoms with Gasteiger partial charge in [-0.15, -0.1) is 0 Å². The number of nitrogens with one attached hydrogen (secondary N) is 1. The smallest absolute Gasteiger partial charge is 0.0358 e. The first-order chi connectivity index (χ1) is 9.61. The lowest BCUT2D eigenvalue weighted by atomic mass is 9.93. The van der Waals surface area contributed by atoms with Crippen LogP contribution >= 0.6 is 0 Å². The average Bonchev–Trinajstić information content (AvgIpc) is 2.75. The highest BCUT2D eigenvalue weighted by molar-refractivity contribution is 5.19. The summed E-state index contributed by atoms with van der Waals surface area (Å²) in [6, 6.07) is 12.1. The number of nitrogens with zero attached hydrogens (tertiary/aromatic N) is 1. The Labute approximate surface area is 124 Å². The van der Waals surface area contributed by atoms with E-state index < -0.39 is 0 Å². The quantitative estimate of drug-likeness (QED) is 0.851. The van der Waals surface area contributed by atoms with Gasteiger partial charge in [-0.05, 0) is 37.3 Å². The molecule has 0 aromatic heterocycles. The predicted octanol–water partition coefficient (Wildman–Crippen LogP) is 3.70. The van der Waals surface area contributed by atoms with Gasteiger partial charge in [-0.3, -0.25) is 0 Å². The highest BCUT2D eigenvalue weighted by atomic mass is 15.2. The number of rotatable bonds is 6. The first kappa shape index (κ1) is 15.5. The zero-order valence-corrected chi connectivity index (χ0v) is 13.5. The van der Waals surface area contributed by atoms with E-state index in [-0.39, 0.29) is 0 Å². The van der Waals surface area contributed by atoms with Crippen LogP contribution in [0.25, 0.3) is 0 Å². The van der Waals surface area contributed by atoms with Crippen LogP contribution in [0.2, 0.25) is 0 Å². The third kappa shape index (κ3) is 3.83. The molecule has 1 aliphatic heterocycles. The van der Waals surface area contributed by atoms with Gasteiger partial charge in [0.15, 0.2) is 0 Å². The maximum Gasteiger partial charge on any atom is 0.0358 e. The molecule has 20 heavy (non-hydrogen) atoms. The Morgan fingerprint density at radius 1 is 1.25 bits per heavy atom. The Kier molecular flexibility index (Phi) is 5.62. The van der Waals surface area contributed by atoms with Crippen molar-refractivity contribution >= 4 is 0 Å². The first-order valence-electron chi connectivity index (χ1n) is 8.14. The van der Waals surface area contributed by atoms with Gasteiger partial charge in [-0.1, -0.05) is 51.1 Å². The lowest BCUT2D eigenvalue weighted by Gasteiger charge is -2.31. The highest BCUT2D eigenvalue weighted by Crippen LogP contribution is 2.28. The molecule has 1 aromatic rings. The van der Waals surface area contributed by atoms with Gasteiger partial charge in [0, 0.05) is 25.2 Å².